The topological polar surface area (TPSA) is 95.5 Å². The summed E-state index contributed by atoms with van der Waals surface area (Å²) in [6.07, 6.45) is 0. The van der Waals surface area contributed by atoms with Gasteiger partial charge in [-0.1, -0.05) is 32.0 Å². The van der Waals surface area contributed by atoms with E-state index in [4.69, 9.17) is 5.11 Å². The maximum absolute atomic E-state index is 12.6. The number of benzene rings is 2. The molecule has 0 heterocycles. The number of amides is 2. The molecule has 0 radical (unpaired) electrons. The Bertz CT molecular complexity index is 813. The second-order valence-corrected chi connectivity index (χ2v) is 6.38. The van der Waals surface area contributed by atoms with E-state index in [1.807, 2.05) is 32.9 Å². The van der Waals surface area contributed by atoms with Crippen LogP contribution in [0.4, 0.5) is 5.69 Å². The fourth-order valence-corrected chi connectivity index (χ4v) is 2.50. The molecule has 3 N–H and O–H groups in total. The van der Waals surface area contributed by atoms with Gasteiger partial charge in [-0.3, -0.25) is 9.59 Å². The number of anilines is 1. The molecule has 26 heavy (non-hydrogen) atoms. The number of carboxylic acids is 1. The van der Waals surface area contributed by atoms with Crippen LogP contribution in [-0.2, 0) is 4.79 Å². The Hall–Kier alpha value is -3.15. The first-order chi connectivity index (χ1) is 12.3. The van der Waals surface area contributed by atoms with Crippen LogP contribution in [0, 0.1) is 12.8 Å². The number of carbonyl (C=O) groups excluding carboxylic acids is 2. The Kier molecular flexibility index (Phi) is 6.11. The molecule has 0 aliphatic carbocycles. The van der Waals surface area contributed by atoms with Crippen molar-refractivity contribution in [3.63, 3.8) is 0 Å². The fourth-order valence-electron chi connectivity index (χ4n) is 2.50. The fraction of sp³-hybridized carbons (Fsp3) is 0.250. The highest BCUT2D eigenvalue weighted by Gasteiger charge is 2.25. The van der Waals surface area contributed by atoms with Gasteiger partial charge >= 0.3 is 5.97 Å². The van der Waals surface area contributed by atoms with Gasteiger partial charge in [0.25, 0.3) is 5.91 Å². The minimum absolute atomic E-state index is 0.124. The Balaban J connectivity index is 2.11. The van der Waals surface area contributed by atoms with Gasteiger partial charge in [0, 0.05) is 11.3 Å². The monoisotopic (exact) mass is 354 g/mol. The van der Waals surface area contributed by atoms with E-state index in [0.29, 0.717) is 11.3 Å². The van der Waals surface area contributed by atoms with Crippen LogP contribution >= 0.6 is 0 Å². The van der Waals surface area contributed by atoms with Gasteiger partial charge in [0.05, 0.1) is 5.56 Å². The number of hydrogen-bond acceptors (Lipinski definition) is 3. The molecule has 136 valence electrons. The van der Waals surface area contributed by atoms with Crippen molar-refractivity contribution in [3.05, 3.63) is 65.2 Å². The van der Waals surface area contributed by atoms with Gasteiger partial charge in [-0.05, 0) is 48.7 Å². The first kappa shape index (κ1) is 19.2. The number of nitrogens with one attached hydrogen (secondary N) is 2. The smallest absolute Gasteiger partial charge is 0.335 e. The molecule has 1 unspecified atom stereocenters. The summed E-state index contributed by atoms with van der Waals surface area (Å²) in [4.78, 5) is 36.0. The van der Waals surface area contributed by atoms with Crippen molar-refractivity contribution in [2.75, 3.05) is 5.32 Å². The van der Waals surface area contributed by atoms with Gasteiger partial charge in [0.2, 0.25) is 5.91 Å². The van der Waals surface area contributed by atoms with E-state index in [1.165, 1.54) is 24.3 Å². The van der Waals surface area contributed by atoms with Crippen LogP contribution in [0.15, 0.2) is 48.5 Å². The minimum atomic E-state index is -1.03. The molecule has 2 amide bonds. The molecule has 0 aliphatic heterocycles. The molecule has 0 saturated heterocycles. The third-order valence-corrected chi connectivity index (χ3v) is 4.02. The number of hydrogen-bond donors (Lipinski definition) is 3. The van der Waals surface area contributed by atoms with Crippen molar-refractivity contribution >= 4 is 23.5 Å². The normalized spacial score (nSPS) is 11.7. The lowest BCUT2D eigenvalue weighted by Crippen LogP contribution is -2.47. The molecule has 6 nitrogen and oxygen atoms in total. The SMILES string of the molecule is Cc1ccccc1C(=O)NC(C(=O)Nc1ccc(C(=O)O)cc1)C(C)C. The van der Waals surface area contributed by atoms with E-state index in [1.54, 1.807) is 12.1 Å². The average molecular weight is 354 g/mol. The van der Waals surface area contributed by atoms with Crippen molar-refractivity contribution in [1.29, 1.82) is 0 Å². The Morgan fingerprint density at radius 1 is 0.962 bits per heavy atom. The lowest BCUT2D eigenvalue weighted by Gasteiger charge is -2.22. The minimum Gasteiger partial charge on any atom is -0.478 e. The molecule has 0 spiro atoms. The zero-order chi connectivity index (χ0) is 19.3. The van der Waals surface area contributed by atoms with Gasteiger partial charge in [-0.2, -0.15) is 0 Å². The zero-order valence-electron chi connectivity index (χ0n) is 14.9. The molecule has 0 fully saturated rings. The number of rotatable bonds is 6. The number of carbonyl (C=O) groups is 3. The number of aromatic carboxylic acids is 1. The zero-order valence-corrected chi connectivity index (χ0v) is 14.9. The van der Waals surface area contributed by atoms with E-state index in [2.05, 4.69) is 10.6 Å². The summed E-state index contributed by atoms with van der Waals surface area (Å²) in [5.41, 5.74) is 1.96. The van der Waals surface area contributed by atoms with E-state index in [-0.39, 0.29) is 23.3 Å². The lowest BCUT2D eigenvalue weighted by atomic mass is 10.0. The standard InChI is InChI=1S/C20H22N2O4/c1-12(2)17(22-18(23)16-7-5-4-6-13(16)3)19(24)21-15-10-8-14(9-11-15)20(25)26/h4-12,17H,1-3H3,(H,21,24)(H,22,23)(H,25,26). The Morgan fingerprint density at radius 3 is 2.12 bits per heavy atom. The van der Waals surface area contributed by atoms with E-state index < -0.39 is 12.0 Å². The van der Waals surface area contributed by atoms with Crippen LogP contribution in [0.1, 0.15) is 40.1 Å². The Labute approximate surface area is 152 Å². The predicted molar refractivity (Wildman–Crippen MR) is 99.3 cm³/mol. The third-order valence-electron chi connectivity index (χ3n) is 4.02. The van der Waals surface area contributed by atoms with E-state index >= 15 is 0 Å². The van der Waals surface area contributed by atoms with Gasteiger partial charge < -0.3 is 15.7 Å². The first-order valence-electron chi connectivity index (χ1n) is 8.30. The van der Waals surface area contributed by atoms with Crippen molar-refractivity contribution < 1.29 is 19.5 Å². The van der Waals surface area contributed by atoms with Gasteiger partial charge in [0.1, 0.15) is 6.04 Å². The highest BCUT2D eigenvalue weighted by molar-refractivity contribution is 6.02. The lowest BCUT2D eigenvalue weighted by molar-refractivity contribution is -0.118. The molecule has 6 heteroatoms. The van der Waals surface area contributed by atoms with Crippen molar-refractivity contribution in [2.45, 2.75) is 26.8 Å². The van der Waals surface area contributed by atoms with Gasteiger partial charge in [-0.15, -0.1) is 0 Å². The summed E-state index contributed by atoms with van der Waals surface area (Å²) in [6, 6.07) is 12.3. The quantitative estimate of drug-likeness (QED) is 0.743. The summed E-state index contributed by atoms with van der Waals surface area (Å²) < 4.78 is 0. The second-order valence-electron chi connectivity index (χ2n) is 6.38. The summed E-state index contributed by atoms with van der Waals surface area (Å²) in [7, 11) is 0. The molecule has 0 aromatic heterocycles. The molecule has 0 aliphatic rings. The number of carboxylic acid groups (broad SMARTS) is 1. The molecule has 0 saturated carbocycles. The van der Waals surface area contributed by atoms with E-state index in [9.17, 15) is 14.4 Å². The summed E-state index contributed by atoms with van der Waals surface area (Å²) in [5.74, 6) is -1.82. The molecular weight excluding hydrogens is 332 g/mol. The predicted octanol–water partition coefficient (Wildman–Crippen LogP) is 3.09. The molecule has 2 rings (SSSR count). The molecule has 2 aromatic rings. The maximum atomic E-state index is 12.6. The molecule has 1 atom stereocenters. The van der Waals surface area contributed by atoms with Crippen molar-refractivity contribution in [2.24, 2.45) is 5.92 Å². The highest BCUT2D eigenvalue weighted by Crippen LogP contribution is 2.13. The van der Waals surface area contributed by atoms with Crippen molar-refractivity contribution in [3.8, 4) is 0 Å². The molecular formula is C20H22N2O4. The van der Waals surface area contributed by atoms with Crippen LogP contribution in [-0.4, -0.2) is 28.9 Å². The number of aryl methyl sites for hydroxylation is 1. The summed E-state index contributed by atoms with van der Waals surface area (Å²) in [6.45, 7) is 5.52. The average Bonchev–Trinajstić information content (AvgIpc) is 2.59. The van der Waals surface area contributed by atoms with Crippen LogP contribution in [0.3, 0.4) is 0 Å². The highest BCUT2D eigenvalue weighted by atomic mass is 16.4. The van der Waals surface area contributed by atoms with E-state index in [0.717, 1.165) is 5.56 Å². The van der Waals surface area contributed by atoms with Crippen LogP contribution < -0.4 is 10.6 Å². The molecule has 2 aromatic carbocycles. The van der Waals surface area contributed by atoms with Gasteiger partial charge in [0.15, 0.2) is 0 Å². The second kappa shape index (κ2) is 8.29. The summed E-state index contributed by atoms with van der Waals surface area (Å²) in [5, 5.41) is 14.4. The van der Waals surface area contributed by atoms with Gasteiger partial charge in [-0.25, -0.2) is 4.79 Å². The maximum Gasteiger partial charge on any atom is 0.335 e. The van der Waals surface area contributed by atoms with Crippen LogP contribution in [0.5, 0.6) is 0 Å². The Morgan fingerprint density at radius 2 is 1.58 bits per heavy atom. The largest absolute Gasteiger partial charge is 0.478 e. The van der Waals surface area contributed by atoms with Crippen LogP contribution in [0.2, 0.25) is 0 Å². The third kappa shape index (κ3) is 4.69. The van der Waals surface area contributed by atoms with Crippen molar-refractivity contribution in [1.82, 2.24) is 5.32 Å². The first-order valence-corrected chi connectivity index (χ1v) is 8.30. The molecule has 0 bridgehead atoms. The van der Waals surface area contributed by atoms with Crippen LogP contribution in [0.25, 0.3) is 0 Å². The summed E-state index contributed by atoms with van der Waals surface area (Å²) >= 11 is 0.